The molecule has 0 saturated carbocycles. The maximum atomic E-state index is 3.72. The van der Waals surface area contributed by atoms with E-state index in [2.05, 4.69) is 6.92 Å². The van der Waals surface area contributed by atoms with Gasteiger partial charge in [-0.3, -0.25) is 0 Å². The third-order valence-electron chi connectivity index (χ3n) is 0.843. The molecule has 0 bridgehead atoms. The zero-order valence-corrected chi connectivity index (χ0v) is 4.09. The SMILES string of the molecule is [CH2]c1ccccc1.[GeH4]. The van der Waals surface area contributed by atoms with Crippen LogP contribution >= 0.6 is 0 Å². The zero-order valence-electron chi connectivity index (χ0n) is 4.09. The second kappa shape index (κ2) is 3.73. The molecule has 8 heavy (non-hydrogen) atoms. The van der Waals surface area contributed by atoms with E-state index in [0.29, 0.717) is 0 Å². The molecule has 0 aliphatic carbocycles. The van der Waals surface area contributed by atoms with Crippen molar-refractivity contribution in [1.29, 1.82) is 0 Å². The average molecular weight is 168 g/mol. The van der Waals surface area contributed by atoms with Gasteiger partial charge in [-0.1, -0.05) is 30.3 Å². The summed E-state index contributed by atoms with van der Waals surface area (Å²) in [6.45, 7) is 3.72. The van der Waals surface area contributed by atoms with Gasteiger partial charge in [0.05, 0.1) is 0 Å². The van der Waals surface area contributed by atoms with Gasteiger partial charge in [-0.2, -0.15) is 0 Å². The Balaban J connectivity index is 0.000000490. The quantitative estimate of drug-likeness (QED) is 0.492. The van der Waals surface area contributed by atoms with E-state index in [1.807, 2.05) is 30.3 Å². The molecule has 0 heterocycles. The molecular formula is C7H11Ge. The van der Waals surface area contributed by atoms with Crippen LogP contribution in [-0.4, -0.2) is 17.6 Å². The normalized spacial score (nSPS) is 7.62. The van der Waals surface area contributed by atoms with Crippen LogP contribution in [0.5, 0.6) is 0 Å². The van der Waals surface area contributed by atoms with E-state index in [1.54, 1.807) is 0 Å². The van der Waals surface area contributed by atoms with Crippen LogP contribution in [0.2, 0.25) is 0 Å². The Morgan fingerprint density at radius 1 is 1.00 bits per heavy atom. The van der Waals surface area contributed by atoms with Crippen molar-refractivity contribution in [3.63, 3.8) is 0 Å². The molecule has 0 nitrogen and oxygen atoms in total. The maximum absolute atomic E-state index is 3.72. The Labute approximate surface area is 60.9 Å². The molecule has 0 unspecified atom stereocenters. The summed E-state index contributed by atoms with van der Waals surface area (Å²) in [4.78, 5) is 0. The van der Waals surface area contributed by atoms with Crippen molar-refractivity contribution in [2.45, 2.75) is 0 Å². The van der Waals surface area contributed by atoms with E-state index in [9.17, 15) is 0 Å². The predicted octanol–water partition coefficient (Wildman–Crippen LogP) is 0.417. The molecule has 0 N–H and O–H groups in total. The number of hydrogen-bond acceptors (Lipinski definition) is 0. The Morgan fingerprint density at radius 2 is 1.50 bits per heavy atom. The summed E-state index contributed by atoms with van der Waals surface area (Å²) in [6, 6.07) is 9.87. The van der Waals surface area contributed by atoms with Crippen molar-refractivity contribution in [1.82, 2.24) is 0 Å². The number of benzene rings is 1. The van der Waals surface area contributed by atoms with E-state index in [-0.39, 0.29) is 17.6 Å². The monoisotopic (exact) mass is 169 g/mol. The van der Waals surface area contributed by atoms with Gasteiger partial charge < -0.3 is 0 Å². The van der Waals surface area contributed by atoms with Crippen LogP contribution in [0.15, 0.2) is 30.3 Å². The average Bonchev–Trinajstić information content (AvgIpc) is 1.69. The van der Waals surface area contributed by atoms with Gasteiger partial charge in [-0.25, -0.2) is 0 Å². The van der Waals surface area contributed by atoms with E-state index in [0.717, 1.165) is 5.56 Å². The number of hydrogen-bond donors (Lipinski definition) is 0. The second-order valence-corrected chi connectivity index (χ2v) is 1.49. The summed E-state index contributed by atoms with van der Waals surface area (Å²) in [5, 5.41) is 0. The molecule has 43 valence electrons. The third kappa shape index (κ3) is 2.17. The van der Waals surface area contributed by atoms with Gasteiger partial charge in [-0.15, -0.1) is 0 Å². The van der Waals surface area contributed by atoms with Crippen molar-refractivity contribution in [2.75, 3.05) is 0 Å². The summed E-state index contributed by atoms with van der Waals surface area (Å²) in [6.07, 6.45) is 0. The van der Waals surface area contributed by atoms with Crippen molar-refractivity contribution in [3.05, 3.63) is 42.8 Å². The molecule has 1 rings (SSSR count). The summed E-state index contributed by atoms with van der Waals surface area (Å²) in [5.41, 5.74) is 1.07. The first-order valence-corrected chi connectivity index (χ1v) is 2.26. The first kappa shape index (κ1) is 7.76. The molecule has 0 amide bonds. The van der Waals surface area contributed by atoms with Crippen LogP contribution in [0.4, 0.5) is 0 Å². The summed E-state index contributed by atoms with van der Waals surface area (Å²) in [7, 11) is 0. The van der Waals surface area contributed by atoms with E-state index in [1.165, 1.54) is 0 Å². The second-order valence-electron chi connectivity index (χ2n) is 1.49. The predicted molar refractivity (Wildman–Crippen MR) is 42.2 cm³/mol. The zero-order chi connectivity index (χ0) is 5.11. The Bertz CT molecular complexity index is 134. The molecule has 0 spiro atoms. The molecule has 0 fully saturated rings. The van der Waals surface area contributed by atoms with Gasteiger partial charge in [0.15, 0.2) is 0 Å². The Kier molecular flexibility index (Phi) is 3.62. The van der Waals surface area contributed by atoms with Crippen LogP contribution in [0.1, 0.15) is 5.56 Å². The fourth-order valence-corrected chi connectivity index (χ4v) is 0.478. The van der Waals surface area contributed by atoms with Crippen LogP contribution in [0, 0.1) is 6.92 Å². The van der Waals surface area contributed by atoms with Gasteiger partial charge in [-0.05, 0) is 12.5 Å². The molecule has 0 atom stereocenters. The molecule has 1 heteroatoms. The van der Waals surface area contributed by atoms with E-state index < -0.39 is 0 Å². The Morgan fingerprint density at radius 3 is 1.75 bits per heavy atom. The fourth-order valence-electron chi connectivity index (χ4n) is 0.478. The molecule has 0 aliphatic rings. The van der Waals surface area contributed by atoms with Crippen molar-refractivity contribution >= 4 is 17.6 Å². The van der Waals surface area contributed by atoms with Gasteiger partial charge in [0, 0.05) is 0 Å². The topological polar surface area (TPSA) is 0 Å². The molecular weight excluding hydrogens is 157 g/mol. The molecule has 0 aliphatic heterocycles. The van der Waals surface area contributed by atoms with Gasteiger partial charge in [0.2, 0.25) is 0 Å². The minimum atomic E-state index is 0. The van der Waals surface area contributed by atoms with Crippen molar-refractivity contribution in [3.8, 4) is 0 Å². The third-order valence-corrected chi connectivity index (χ3v) is 0.843. The molecule has 1 aromatic carbocycles. The van der Waals surface area contributed by atoms with Crippen molar-refractivity contribution < 1.29 is 0 Å². The first-order valence-electron chi connectivity index (χ1n) is 2.26. The fraction of sp³-hybridized carbons (Fsp3) is 0. The van der Waals surface area contributed by atoms with Crippen LogP contribution in [0.25, 0.3) is 0 Å². The standard InChI is InChI=1S/C7H7.GeH4/c1-7-5-3-2-4-6-7;/h2-6H,1H2;1H4. The molecule has 0 aromatic heterocycles. The van der Waals surface area contributed by atoms with Crippen LogP contribution < -0.4 is 0 Å². The van der Waals surface area contributed by atoms with Gasteiger partial charge >= 0.3 is 17.6 Å². The number of rotatable bonds is 0. The van der Waals surface area contributed by atoms with Gasteiger partial charge in [0.1, 0.15) is 0 Å². The summed E-state index contributed by atoms with van der Waals surface area (Å²) >= 11 is 0. The van der Waals surface area contributed by atoms with Crippen LogP contribution in [0.3, 0.4) is 0 Å². The molecule has 1 radical (unpaired) electrons. The molecule has 1 aromatic rings. The summed E-state index contributed by atoms with van der Waals surface area (Å²) < 4.78 is 0. The van der Waals surface area contributed by atoms with Crippen molar-refractivity contribution in [2.24, 2.45) is 0 Å². The van der Waals surface area contributed by atoms with Gasteiger partial charge in [0.25, 0.3) is 0 Å². The first-order chi connectivity index (χ1) is 3.39. The summed E-state index contributed by atoms with van der Waals surface area (Å²) in [5.74, 6) is 0. The van der Waals surface area contributed by atoms with Crippen LogP contribution in [-0.2, 0) is 0 Å². The van der Waals surface area contributed by atoms with E-state index in [4.69, 9.17) is 0 Å². The van der Waals surface area contributed by atoms with E-state index >= 15 is 0 Å². The minimum absolute atomic E-state index is 0. The molecule has 0 saturated heterocycles. The Hall–Kier alpha value is -0.237.